The number of rotatable bonds is 5. The van der Waals surface area contributed by atoms with Crippen molar-refractivity contribution in [2.24, 2.45) is 7.05 Å². The van der Waals surface area contributed by atoms with Gasteiger partial charge in [-0.15, -0.1) is 0 Å². The molecule has 3 heterocycles. The normalized spacial score (nSPS) is 13.0. The molecule has 0 fully saturated rings. The third kappa shape index (κ3) is 3.66. The van der Waals surface area contributed by atoms with Crippen LogP contribution in [0, 0.1) is 0 Å². The van der Waals surface area contributed by atoms with E-state index in [1.165, 1.54) is 6.20 Å². The van der Waals surface area contributed by atoms with Crippen LogP contribution in [0.2, 0.25) is 0 Å². The monoisotopic (exact) mass is 426 g/mol. The van der Waals surface area contributed by atoms with E-state index >= 15 is 0 Å². The minimum Gasteiger partial charge on any atom is -0.356 e. The van der Waals surface area contributed by atoms with Crippen LogP contribution >= 0.6 is 0 Å². The summed E-state index contributed by atoms with van der Waals surface area (Å²) in [5, 5.41) is 10.4. The average Bonchev–Trinajstić information content (AvgIpc) is 3.40. The molecule has 8 nitrogen and oxygen atoms in total. The molecular formula is C24H22N6O2. The summed E-state index contributed by atoms with van der Waals surface area (Å²) < 4.78 is 1.57. The summed E-state index contributed by atoms with van der Waals surface area (Å²) in [5.74, 6) is 0.212. The fourth-order valence-corrected chi connectivity index (χ4v) is 4.02. The highest BCUT2D eigenvalue weighted by Crippen LogP contribution is 2.40. The van der Waals surface area contributed by atoms with E-state index in [2.05, 4.69) is 25.7 Å². The highest BCUT2D eigenvalue weighted by atomic mass is 16.1. The molecule has 0 aliphatic heterocycles. The molecule has 3 aromatic heterocycles. The van der Waals surface area contributed by atoms with Gasteiger partial charge in [0.15, 0.2) is 5.78 Å². The molecule has 1 amide bonds. The van der Waals surface area contributed by atoms with Gasteiger partial charge in [0.2, 0.25) is 0 Å². The molecule has 160 valence electrons. The molecule has 0 radical (unpaired) electrons. The lowest BCUT2D eigenvalue weighted by atomic mass is 9.95. The number of carbonyl (C=O) groups excluding carboxylic acids is 2. The Morgan fingerprint density at radius 3 is 2.75 bits per heavy atom. The van der Waals surface area contributed by atoms with Gasteiger partial charge in [-0.2, -0.15) is 5.10 Å². The molecule has 1 aliphatic carbocycles. The van der Waals surface area contributed by atoms with Crippen LogP contribution in [0.15, 0.2) is 61.1 Å². The number of hydrogen-bond donors (Lipinski definition) is 3. The summed E-state index contributed by atoms with van der Waals surface area (Å²) >= 11 is 0. The summed E-state index contributed by atoms with van der Waals surface area (Å²) in [5.41, 5.74) is 5.04. The molecule has 0 unspecified atom stereocenters. The number of H-pyrrole nitrogens is 1. The van der Waals surface area contributed by atoms with E-state index in [1.54, 1.807) is 24.1 Å². The summed E-state index contributed by atoms with van der Waals surface area (Å²) in [6, 6.07) is 13.4. The number of anilines is 3. The molecule has 0 saturated heterocycles. The molecule has 1 aliphatic rings. The van der Waals surface area contributed by atoms with Crippen molar-refractivity contribution >= 4 is 28.9 Å². The lowest BCUT2D eigenvalue weighted by Gasteiger charge is -2.14. The molecule has 32 heavy (non-hydrogen) atoms. The Balaban J connectivity index is 1.59. The maximum absolute atomic E-state index is 12.8. The molecule has 1 aromatic carbocycles. The number of nitrogens with zero attached hydrogens (tertiary/aromatic N) is 3. The van der Waals surface area contributed by atoms with E-state index in [1.807, 2.05) is 42.5 Å². The Labute approximate surface area is 184 Å². The van der Waals surface area contributed by atoms with Gasteiger partial charge in [0.1, 0.15) is 5.82 Å². The van der Waals surface area contributed by atoms with Crippen molar-refractivity contribution in [3.63, 3.8) is 0 Å². The maximum Gasteiger partial charge on any atom is 0.260 e. The van der Waals surface area contributed by atoms with Crippen LogP contribution in [0.5, 0.6) is 0 Å². The number of aromatic amines is 1. The number of aromatic nitrogens is 4. The summed E-state index contributed by atoms with van der Waals surface area (Å²) in [6.45, 7) is 0. The van der Waals surface area contributed by atoms with Crippen LogP contribution < -0.4 is 10.6 Å². The predicted octanol–water partition coefficient (Wildman–Crippen LogP) is 4.33. The minimum absolute atomic E-state index is 0.108. The van der Waals surface area contributed by atoms with Gasteiger partial charge < -0.3 is 15.6 Å². The second-order valence-corrected chi connectivity index (χ2v) is 7.75. The van der Waals surface area contributed by atoms with Gasteiger partial charge in [-0.05, 0) is 37.1 Å². The fraction of sp³-hybridized carbons (Fsp3) is 0.167. The zero-order valence-corrected chi connectivity index (χ0v) is 17.6. The summed E-state index contributed by atoms with van der Waals surface area (Å²) in [4.78, 5) is 33.4. The van der Waals surface area contributed by atoms with Gasteiger partial charge in [0, 0.05) is 42.8 Å². The first-order chi connectivity index (χ1) is 15.6. The lowest BCUT2D eigenvalue weighted by molar-refractivity contribution is 0.0972. The SMILES string of the molecule is Cn1cc(C(=O)Nc2ncccc2-c2[nH]c3c(c2Nc2ccccc2)C(=O)CCC3)cn1. The molecule has 4 aromatic rings. The average molecular weight is 426 g/mol. The number of amides is 1. The Morgan fingerprint density at radius 2 is 1.97 bits per heavy atom. The molecule has 0 bridgehead atoms. The number of pyridine rings is 1. The number of para-hydroxylation sites is 1. The zero-order valence-electron chi connectivity index (χ0n) is 17.6. The topological polar surface area (TPSA) is 105 Å². The summed E-state index contributed by atoms with van der Waals surface area (Å²) in [6.07, 6.45) is 6.90. The predicted molar refractivity (Wildman–Crippen MR) is 122 cm³/mol. The Kier molecular flexibility index (Phi) is 5.03. The molecule has 3 N–H and O–H groups in total. The molecule has 0 atom stereocenters. The second kappa shape index (κ2) is 8.14. The van der Waals surface area contributed by atoms with E-state index in [-0.39, 0.29) is 11.7 Å². The molecule has 0 saturated carbocycles. The summed E-state index contributed by atoms with van der Waals surface area (Å²) in [7, 11) is 1.75. The molecule has 0 spiro atoms. The van der Waals surface area contributed by atoms with Gasteiger partial charge in [-0.3, -0.25) is 14.3 Å². The van der Waals surface area contributed by atoms with Crippen LogP contribution in [0.4, 0.5) is 17.2 Å². The van der Waals surface area contributed by atoms with Crippen molar-refractivity contribution in [2.45, 2.75) is 19.3 Å². The van der Waals surface area contributed by atoms with E-state index in [9.17, 15) is 9.59 Å². The van der Waals surface area contributed by atoms with Gasteiger partial charge in [-0.25, -0.2) is 4.98 Å². The van der Waals surface area contributed by atoms with Crippen LogP contribution in [0.25, 0.3) is 11.3 Å². The van der Waals surface area contributed by atoms with E-state index in [0.717, 1.165) is 29.9 Å². The number of ketones is 1. The van der Waals surface area contributed by atoms with Crippen LogP contribution in [-0.2, 0) is 13.5 Å². The maximum atomic E-state index is 12.8. The standard InChI is InChI=1S/C24H22N6O2/c1-30-14-15(13-26-30)24(32)29-23-17(9-6-12-25-23)21-22(27-16-7-3-2-4-8-16)20-18(28-21)10-5-11-19(20)31/h2-4,6-9,12-14,27-28H,5,10-11H2,1H3,(H,25,29,32). The smallest absolute Gasteiger partial charge is 0.260 e. The van der Waals surface area contributed by atoms with Crippen molar-refractivity contribution in [1.29, 1.82) is 0 Å². The molecule has 8 heteroatoms. The number of fused-ring (bicyclic) bond motifs is 1. The zero-order chi connectivity index (χ0) is 22.1. The Bertz CT molecular complexity index is 1310. The number of benzene rings is 1. The minimum atomic E-state index is -0.303. The van der Waals surface area contributed by atoms with Gasteiger partial charge in [0.25, 0.3) is 5.91 Å². The second-order valence-electron chi connectivity index (χ2n) is 7.75. The van der Waals surface area contributed by atoms with Gasteiger partial charge in [-0.1, -0.05) is 18.2 Å². The van der Waals surface area contributed by atoms with Crippen molar-refractivity contribution < 1.29 is 9.59 Å². The van der Waals surface area contributed by atoms with Crippen LogP contribution in [0.3, 0.4) is 0 Å². The van der Waals surface area contributed by atoms with Crippen molar-refractivity contribution in [3.05, 3.63) is 77.9 Å². The number of Topliss-reactive ketones (excluding diaryl/α,β-unsaturated/α-hetero) is 1. The van der Waals surface area contributed by atoms with E-state index < -0.39 is 0 Å². The highest BCUT2D eigenvalue weighted by Gasteiger charge is 2.28. The van der Waals surface area contributed by atoms with E-state index in [0.29, 0.717) is 34.6 Å². The van der Waals surface area contributed by atoms with Gasteiger partial charge >= 0.3 is 0 Å². The fourth-order valence-electron chi connectivity index (χ4n) is 4.02. The number of hydrogen-bond acceptors (Lipinski definition) is 5. The first-order valence-electron chi connectivity index (χ1n) is 10.5. The largest absolute Gasteiger partial charge is 0.356 e. The lowest BCUT2D eigenvalue weighted by Crippen LogP contribution is -2.13. The Morgan fingerprint density at radius 1 is 1.12 bits per heavy atom. The van der Waals surface area contributed by atoms with E-state index in [4.69, 9.17) is 0 Å². The van der Waals surface area contributed by atoms with Crippen molar-refractivity contribution in [3.8, 4) is 11.3 Å². The van der Waals surface area contributed by atoms with Gasteiger partial charge in [0.05, 0.1) is 28.7 Å². The number of aryl methyl sites for hydroxylation is 2. The highest BCUT2D eigenvalue weighted by molar-refractivity contribution is 6.09. The van der Waals surface area contributed by atoms with Crippen molar-refractivity contribution in [2.75, 3.05) is 10.6 Å². The quantitative estimate of drug-likeness (QED) is 0.441. The first kappa shape index (κ1) is 19.7. The molecule has 5 rings (SSSR count). The third-order valence-corrected chi connectivity index (χ3v) is 5.51. The number of nitrogens with one attached hydrogen (secondary N) is 3. The van der Waals surface area contributed by atoms with Crippen LogP contribution in [-0.4, -0.2) is 31.4 Å². The number of carbonyl (C=O) groups is 2. The Hall–Kier alpha value is -4.20. The van der Waals surface area contributed by atoms with Crippen molar-refractivity contribution in [1.82, 2.24) is 19.7 Å². The van der Waals surface area contributed by atoms with Crippen LogP contribution in [0.1, 0.15) is 39.3 Å². The molecular weight excluding hydrogens is 404 g/mol. The first-order valence-corrected chi connectivity index (χ1v) is 10.5. The third-order valence-electron chi connectivity index (χ3n) is 5.51.